The van der Waals surface area contributed by atoms with Gasteiger partial charge in [0, 0.05) is 11.3 Å². The summed E-state index contributed by atoms with van der Waals surface area (Å²) in [6.45, 7) is 1.97. The Morgan fingerprint density at radius 2 is 1.81 bits per heavy atom. The predicted octanol–water partition coefficient (Wildman–Crippen LogP) is 4.70. The molecule has 6 nitrogen and oxygen atoms in total. The van der Waals surface area contributed by atoms with Crippen LogP contribution < -0.4 is 5.32 Å². The molecule has 2 aliphatic rings. The minimum absolute atomic E-state index is 0.127. The number of aliphatic imine (C=N–C) groups is 2. The number of aryl methyl sites for hydroxylation is 1. The number of rotatable bonds is 4. The Balaban J connectivity index is 1.40. The SMILES string of the molecule is Cc1cccc(NC(=O)CSC2=Nc3ccccc3C3=N[C@H](c4ccccc4)C(=O)N23)c1. The summed E-state index contributed by atoms with van der Waals surface area (Å²) in [5, 5.41) is 3.36. The van der Waals surface area contributed by atoms with Crippen molar-refractivity contribution in [3.8, 4) is 0 Å². The molecular formula is C25H20N4O2S. The number of hydrogen-bond donors (Lipinski definition) is 1. The molecule has 0 bridgehead atoms. The molecule has 0 radical (unpaired) electrons. The monoisotopic (exact) mass is 440 g/mol. The van der Waals surface area contributed by atoms with Crippen molar-refractivity contribution in [3.05, 3.63) is 95.6 Å². The van der Waals surface area contributed by atoms with Gasteiger partial charge in [-0.05, 0) is 42.3 Å². The third kappa shape index (κ3) is 3.83. The highest BCUT2D eigenvalue weighted by atomic mass is 32.2. The van der Waals surface area contributed by atoms with Crippen LogP contribution in [-0.4, -0.2) is 33.5 Å². The quantitative estimate of drug-likeness (QED) is 0.639. The zero-order valence-electron chi connectivity index (χ0n) is 17.4. The van der Waals surface area contributed by atoms with E-state index in [0.717, 1.165) is 28.1 Å². The molecule has 2 aliphatic heterocycles. The van der Waals surface area contributed by atoms with Gasteiger partial charge in [0.2, 0.25) is 5.91 Å². The second-order valence-corrected chi connectivity index (χ2v) is 8.50. The fourth-order valence-corrected chi connectivity index (χ4v) is 4.55. The summed E-state index contributed by atoms with van der Waals surface area (Å²) in [5.74, 6) is 0.385. The average Bonchev–Trinajstić information content (AvgIpc) is 3.16. The maximum Gasteiger partial charge on any atom is 0.263 e. The van der Waals surface area contributed by atoms with Crippen molar-refractivity contribution in [2.45, 2.75) is 13.0 Å². The topological polar surface area (TPSA) is 74.1 Å². The number of carbonyl (C=O) groups is 2. The Kier molecular flexibility index (Phi) is 5.33. The highest BCUT2D eigenvalue weighted by molar-refractivity contribution is 8.14. The molecule has 3 aromatic rings. The molecule has 2 amide bonds. The molecule has 0 unspecified atom stereocenters. The molecular weight excluding hydrogens is 420 g/mol. The molecule has 5 rings (SSSR count). The standard InChI is InChI=1S/C25H20N4O2S/c1-16-8-7-11-18(14-16)26-21(30)15-32-25-27-20-13-6-5-12-19(20)23-28-22(24(31)29(23)25)17-9-3-2-4-10-17/h2-14,22H,15H2,1H3,(H,26,30)/t22-/m1/s1. The van der Waals surface area contributed by atoms with Crippen LogP contribution >= 0.6 is 11.8 Å². The third-order valence-electron chi connectivity index (χ3n) is 5.22. The highest BCUT2D eigenvalue weighted by Gasteiger charge is 2.42. The van der Waals surface area contributed by atoms with Gasteiger partial charge in [0.05, 0.1) is 11.4 Å². The molecule has 0 saturated heterocycles. The Labute approximate surface area is 190 Å². The molecule has 0 spiro atoms. The lowest BCUT2D eigenvalue weighted by molar-refractivity contribution is -0.124. The summed E-state index contributed by atoms with van der Waals surface area (Å²) in [6, 6.07) is 24.1. The van der Waals surface area contributed by atoms with Gasteiger partial charge in [0.15, 0.2) is 11.2 Å². The van der Waals surface area contributed by atoms with Crippen LogP contribution in [0.3, 0.4) is 0 Å². The van der Waals surface area contributed by atoms with Crippen molar-refractivity contribution in [2.24, 2.45) is 9.98 Å². The number of nitrogens with one attached hydrogen (secondary N) is 1. The summed E-state index contributed by atoms with van der Waals surface area (Å²) in [5.41, 5.74) is 4.20. The van der Waals surface area contributed by atoms with E-state index in [4.69, 9.17) is 4.99 Å². The van der Waals surface area contributed by atoms with E-state index in [2.05, 4.69) is 10.3 Å². The van der Waals surface area contributed by atoms with Crippen molar-refractivity contribution < 1.29 is 9.59 Å². The van der Waals surface area contributed by atoms with Gasteiger partial charge in [-0.1, -0.05) is 66.4 Å². The van der Waals surface area contributed by atoms with Gasteiger partial charge in [0.25, 0.3) is 5.91 Å². The minimum atomic E-state index is -0.621. The van der Waals surface area contributed by atoms with Gasteiger partial charge >= 0.3 is 0 Å². The van der Waals surface area contributed by atoms with Crippen LogP contribution in [0, 0.1) is 6.92 Å². The number of amides is 2. The van der Waals surface area contributed by atoms with Crippen molar-refractivity contribution in [1.82, 2.24) is 4.90 Å². The molecule has 0 aliphatic carbocycles. The normalized spacial score (nSPS) is 16.7. The maximum atomic E-state index is 13.4. The predicted molar refractivity (Wildman–Crippen MR) is 128 cm³/mol. The van der Waals surface area contributed by atoms with E-state index in [1.165, 1.54) is 11.8 Å². The van der Waals surface area contributed by atoms with Crippen LogP contribution in [0.25, 0.3) is 0 Å². The second kappa shape index (κ2) is 8.43. The lowest BCUT2D eigenvalue weighted by atomic mass is 10.1. The Morgan fingerprint density at radius 1 is 1.03 bits per heavy atom. The molecule has 0 fully saturated rings. The molecule has 1 atom stereocenters. The smallest absolute Gasteiger partial charge is 0.263 e. The number of anilines is 1. The van der Waals surface area contributed by atoms with E-state index in [0.29, 0.717) is 11.0 Å². The number of amidine groups is 2. The summed E-state index contributed by atoms with van der Waals surface area (Å²) < 4.78 is 0. The van der Waals surface area contributed by atoms with Gasteiger partial charge in [-0.2, -0.15) is 0 Å². The van der Waals surface area contributed by atoms with Gasteiger partial charge < -0.3 is 5.32 Å². The number of thioether (sulfide) groups is 1. The van der Waals surface area contributed by atoms with Crippen molar-refractivity contribution in [1.29, 1.82) is 0 Å². The molecule has 158 valence electrons. The molecule has 32 heavy (non-hydrogen) atoms. The summed E-state index contributed by atoms with van der Waals surface area (Å²) in [6.07, 6.45) is 0. The van der Waals surface area contributed by atoms with E-state index in [1.54, 1.807) is 4.90 Å². The molecule has 7 heteroatoms. The zero-order valence-corrected chi connectivity index (χ0v) is 18.2. The number of hydrogen-bond acceptors (Lipinski definition) is 5. The van der Waals surface area contributed by atoms with Crippen molar-refractivity contribution in [3.63, 3.8) is 0 Å². The number of benzene rings is 3. The number of carbonyl (C=O) groups excluding carboxylic acids is 2. The van der Waals surface area contributed by atoms with E-state index < -0.39 is 6.04 Å². The van der Waals surface area contributed by atoms with Gasteiger partial charge in [-0.25, -0.2) is 14.9 Å². The third-order valence-corrected chi connectivity index (χ3v) is 6.16. The Hall–Kier alpha value is -3.71. The maximum absolute atomic E-state index is 13.4. The van der Waals surface area contributed by atoms with E-state index in [-0.39, 0.29) is 17.6 Å². The number of nitrogens with zero attached hydrogens (tertiary/aromatic N) is 3. The van der Waals surface area contributed by atoms with Crippen LogP contribution in [0.5, 0.6) is 0 Å². The molecule has 0 aromatic heterocycles. The molecule has 2 heterocycles. The van der Waals surface area contributed by atoms with Crippen LogP contribution in [0.4, 0.5) is 11.4 Å². The summed E-state index contributed by atoms with van der Waals surface area (Å²) in [7, 11) is 0. The molecule has 1 N–H and O–H groups in total. The lowest BCUT2D eigenvalue weighted by Gasteiger charge is -2.25. The van der Waals surface area contributed by atoms with Crippen LogP contribution in [0.2, 0.25) is 0 Å². The Bertz CT molecular complexity index is 1270. The minimum Gasteiger partial charge on any atom is -0.325 e. The largest absolute Gasteiger partial charge is 0.325 e. The zero-order chi connectivity index (χ0) is 22.1. The fourth-order valence-electron chi connectivity index (χ4n) is 3.75. The first-order valence-corrected chi connectivity index (χ1v) is 11.2. The van der Waals surface area contributed by atoms with E-state index >= 15 is 0 Å². The van der Waals surface area contributed by atoms with Gasteiger partial charge in [0.1, 0.15) is 5.84 Å². The molecule has 0 saturated carbocycles. The van der Waals surface area contributed by atoms with Gasteiger partial charge in [-0.3, -0.25) is 9.59 Å². The highest BCUT2D eigenvalue weighted by Crippen LogP contribution is 2.37. The summed E-state index contributed by atoms with van der Waals surface area (Å²) in [4.78, 5) is 36.9. The second-order valence-electron chi connectivity index (χ2n) is 7.56. The fraction of sp³-hybridized carbons (Fsp3) is 0.120. The van der Waals surface area contributed by atoms with Crippen LogP contribution in [0.15, 0.2) is 88.8 Å². The first-order chi connectivity index (χ1) is 15.6. The average molecular weight is 441 g/mol. The van der Waals surface area contributed by atoms with E-state index in [9.17, 15) is 9.59 Å². The first-order valence-electron chi connectivity index (χ1n) is 10.2. The lowest BCUT2D eigenvalue weighted by Crippen LogP contribution is -2.40. The molecule has 3 aromatic carbocycles. The summed E-state index contributed by atoms with van der Waals surface area (Å²) >= 11 is 1.23. The van der Waals surface area contributed by atoms with Crippen molar-refractivity contribution >= 4 is 46.0 Å². The number of fused-ring (bicyclic) bond motifs is 3. The van der Waals surface area contributed by atoms with Crippen molar-refractivity contribution in [2.75, 3.05) is 11.1 Å². The van der Waals surface area contributed by atoms with Gasteiger partial charge in [-0.15, -0.1) is 0 Å². The Morgan fingerprint density at radius 3 is 2.62 bits per heavy atom. The van der Waals surface area contributed by atoms with Crippen LogP contribution in [-0.2, 0) is 9.59 Å². The number of para-hydroxylation sites is 1. The van der Waals surface area contributed by atoms with E-state index in [1.807, 2.05) is 85.8 Å². The van der Waals surface area contributed by atoms with Crippen LogP contribution in [0.1, 0.15) is 22.7 Å². The first kappa shape index (κ1) is 20.2.